The predicted octanol–water partition coefficient (Wildman–Crippen LogP) is 4.16. The van der Waals surface area contributed by atoms with E-state index in [9.17, 15) is 23.1 Å². The van der Waals surface area contributed by atoms with Crippen molar-refractivity contribution in [3.63, 3.8) is 0 Å². The fraction of sp³-hybridized carbons (Fsp3) is 0.556. The van der Waals surface area contributed by atoms with E-state index in [0.717, 1.165) is 44.1 Å². The lowest BCUT2D eigenvalue weighted by atomic mass is 9.79. The molecule has 0 spiro atoms. The van der Waals surface area contributed by atoms with Crippen LogP contribution in [0.2, 0.25) is 0 Å². The van der Waals surface area contributed by atoms with Gasteiger partial charge in [0, 0.05) is 11.8 Å². The largest absolute Gasteiger partial charge is 0.494 e. The Bertz CT molecular complexity index is 1050. The maximum atomic E-state index is 12.9. The van der Waals surface area contributed by atoms with Crippen LogP contribution in [-0.2, 0) is 24.2 Å². The molecule has 0 aromatic heterocycles. The molecule has 0 radical (unpaired) electrons. The van der Waals surface area contributed by atoms with Crippen LogP contribution in [-0.4, -0.2) is 50.9 Å². The van der Waals surface area contributed by atoms with E-state index in [1.54, 1.807) is 6.08 Å². The molecule has 1 atom stereocenters. The quantitative estimate of drug-likeness (QED) is 0.274. The molecule has 1 N–H and O–H groups in total. The maximum absolute atomic E-state index is 12.9. The topological polar surface area (TPSA) is 107 Å². The number of carbonyl (C=O) groups excluding carboxylic acids is 2. The van der Waals surface area contributed by atoms with Gasteiger partial charge in [0.1, 0.15) is 16.3 Å². The normalized spacial score (nSPS) is 26.0. The molecule has 0 bridgehead atoms. The minimum absolute atomic E-state index is 0.0384. The van der Waals surface area contributed by atoms with E-state index >= 15 is 0 Å². The number of sulfone groups is 1. The first kappa shape index (κ1) is 27.1. The van der Waals surface area contributed by atoms with E-state index < -0.39 is 21.2 Å². The van der Waals surface area contributed by atoms with Crippen molar-refractivity contribution in [1.29, 1.82) is 0 Å². The zero-order valence-electron chi connectivity index (χ0n) is 20.6. The summed E-state index contributed by atoms with van der Waals surface area (Å²) in [7, 11) is -2.33. The number of ether oxygens (including phenoxy) is 2. The summed E-state index contributed by atoms with van der Waals surface area (Å²) in [5.41, 5.74) is -1.43. The number of hydrogen-bond acceptors (Lipinski definition) is 7. The monoisotopic (exact) mass is 504 g/mol. The molecule has 0 heterocycles. The highest BCUT2D eigenvalue weighted by Crippen LogP contribution is 2.38. The highest BCUT2D eigenvalue weighted by molar-refractivity contribution is 7.95. The highest BCUT2D eigenvalue weighted by Gasteiger charge is 2.44. The first-order valence-corrected chi connectivity index (χ1v) is 14.2. The average molecular weight is 505 g/mol. The van der Waals surface area contributed by atoms with Gasteiger partial charge in [-0.2, -0.15) is 0 Å². The van der Waals surface area contributed by atoms with Crippen LogP contribution in [0, 0.1) is 11.8 Å². The minimum atomic E-state index is -3.75. The molecule has 192 valence electrons. The zero-order valence-corrected chi connectivity index (χ0v) is 21.4. The van der Waals surface area contributed by atoms with Crippen molar-refractivity contribution in [1.82, 2.24) is 0 Å². The first-order valence-electron chi connectivity index (χ1n) is 12.3. The SMILES string of the molecule is COC(=O)C1CCC(CC/C=C2\C(=O)C(S(C)(=O)=O)=CC2(O)CCCCOc2ccccc2)CC1. The molecule has 8 heteroatoms. The van der Waals surface area contributed by atoms with Gasteiger partial charge in [-0.15, -0.1) is 0 Å². The standard InChI is InChI=1S/C27H36O7S/c1-33-26(29)21-15-13-20(14-16-21)9-8-12-23-25(28)24(35(2,31)32)19-27(23,30)17-6-7-18-34-22-10-4-3-5-11-22/h3-5,10-12,19-21,30H,6-9,13-18H2,1-2H3/b23-12+. The molecule has 0 amide bonds. The minimum Gasteiger partial charge on any atom is -0.494 e. The number of carbonyl (C=O) groups is 2. The molecule has 1 fully saturated rings. The Morgan fingerprint density at radius 3 is 2.46 bits per heavy atom. The summed E-state index contributed by atoms with van der Waals surface area (Å²) >= 11 is 0. The van der Waals surface area contributed by atoms with E-state index in [2.05, 4.69) is 0 Å². The number of para-hydroxylation sites is 1. The molecular weight excluding hydrogens is 468 g/mol. The average Bonchev–Trinajstić information content (AvgIpc) is 3.10. The Hall–Kier alpha value is -2.45. The summed E-state index contributed by atoms with van der Waals surface area (Å²) < 4.78 is 34.8. The smallest absolute Gasteiger partial charge is 0.308 e. The van der Waals surface area contributed by atoms with Crippen LogP contribution >= 0.6 is 0 Å². The highest BCUT2D eigenvalue weighted by atomic mass is 32.2. The van der Waals surface area contributed by atoms with Crippen LogP contribution in [0.3, 0.4) is 0 Å². The Labute approximate surface area is 208 Å². The van der Waals surface area contributed by atoms with Crippen LogP contribution < -0.4 is 4.74 Å². The second-order valence-corrected chi connectivity index (χ2v) is 11.6. The number of hydrogen-bond donors (Lipinski definition) is 1. The van der Waals surface area contributed by atoms with Gasteiger partial charge < -0.3 is 14.6 Å². The summed E-state index contributed by atoms with van der Waals surface area (Å²) in [6.07, 6.45) is 10.2. The molecule has 1 aromatic carbocycles. The molecule has 7 nitrogen and oxygen atoms in total. The summed E-state index contributed by atoms with van der Waals surface area (Å²) in [6.45, 7) is 0.462. The van der Waals surface area contributed by atoms with E-state index in [1.165, 1.54) is 13.2 Å². The van der Waals surface area contributed by atoms with Crippen LogP contribution in [0.25, 0.3) is 0 Å². The number of unbranched alkanes of at least 4 members (excludes halogenated alkanes) is 1. The van der Waals surface area contributed by atoms with Crippen molar-refractivity contribution in [2.75, 3.05) is 20.0 Å². The molecule has 1 aromatic rings. The van der Waals surface area contributed by atoms with Crippen molar-refractivity contribution in [2.24, 2.45) is 11.8 Å². The van der Waals surface area contributed by atoms with Crippen molar-refractivity contribution in [3.05, 3.63) is 53.0 Å². The number of methoxy groups -OCH3 is 1. The second kappa shape index (κ2) is 12.0. The van der Waals surface area contributed by atoms with Crippen LogP contribution in [0.15, 0.2) is 53.0 Å². The summed E-state index contributed by atoms with van der Waals surface area (Å²) in [6, 6.07) is 9.43. The van der Waals surface area contributed by atoms with Gasteiger partial charge in [-0.05, 0) is 81.9 Å². The summed E-state index contributed by atoms with van der Waals surface area (Å²) in [4.78, 5) is 24.3. The van der Waals surface area contributed by atoms with Gasteiger partial charge in [-0.3, -0.25) is 9.59 Å². The molecular formula is C27H36O7S. The van der Waals surface area contributed by atoms with Gasteiger partial charge in [-0.1, -0.05) is 24.3 Å². The molecule has 0 aliphatic heterocycles. The molecule has 2 aliphatic carbocycles. The van der Waals surface area contributed by atoms with Crippen molar-refractivity contribution < 1.29 is 32.6 Å². The summed E-state index contributed by atoms with van der Waals surface area (Å²) in [5, 5.41) is 11.3. The zero-order chi connectivity index (χ0) is 25.5. The third-order valence-electron chi connectivity index (χ3n) is 6.97. The van der Waals surface area contributed by atoms with Gasteiger partial charge in [-0.25, -0.2) is 8.42 Å². The van der Waals surface area contributed by atoms with Gasteiger partial charge in [0.05, 0.1) is 19.6 Å². The van der Waals surface area contributed by atoms with E-state index in [-0.39, 0.29) is 28.8 Å². The van der Waals surface area contributed by atoms with Crippen molar-refractivity contribution >= 4 is 21.6 Å². The molecule has 1 unspecified atom stereocenters. The van der Waals surface area contributed by atoms with Crippen LogP contribution in [0.1, 0.15) is 57.8 Å². The van der Waals surface area contributed by atoms with Gasteiger partial charge in [0.25, 0.3) is 0 Å². The maximum Gasteiger partial charge on any atom is 0.308 e. The predicted molar refractivity (Wildman–Crippen MR) is 133 cm³/mol. The van der Waals surface area contributed by atoms with Crippen molar-refractivity contribution in [2.45, 2.75) is 63.4 Å². The number of aliphatic hydroxyl groups is 1. The third kappa shape index (κ3) is 7.27. The van der Waals surface area contributed by atoms with Crippen molar-refractivity contribution in [3.8, 4) is 5.75 Å². The van der Waals surface area contributed by atoms with Gasteiger partial charge in [0.2, 0.25) is 5.78 Å². The van der Waals surface area contributed by atoms with E-state index in [1.807, 2.05) is 30.3 Å². The number of allylic oxidation sites excluding steroid dienone is 2. The van der Waals surface area contributed by atoms with Crippen LogP contribution in [0.5, 0.6) is 5.75 Å². The first-order chi connectivity index (χ1) is 16.6. The Morgan fingerprint density at radius 2 is 1.83 bits per heavy atom. The molecule has 3 rings (SSSR count). The lowest BCUT2D eigenvalue weighted by Gasteiger charge is -2.27. The Balaban J connectivity index is 1.58. The molecule has 1 saturated carbocycles. The number of benzene rings is 1. The number of Topliss-reactive ketones (excluding diaryl/α,β-unsaturated/α-hetero) is 1. The molecule has 2 aliphatic rings. The lowest BCUT2D eigenvalue weighted by Crippen LogP contribution is -2.28. The van der Waals surface area contributed by atoms with Gasteiger partial charge in [0.15, 0.2) is 9.84 Å². The molecule has 35 heavy (non-hydrogen) atoms. The third-order valence-corrected chi connectivity index (χ3v) is 8.08. The number of esters is 1. The van der Waals surface area contributed by atoms with Gasteiger partial charge >= 0.3 is 5.97 Å². The van der Waals surface area contributed by atoms with Crippen LogP contribution in [0.4, 0.5) is 0 Å². The summed E-state index contributed by atoms with van der Waals surface area (Å²) in [5.74, 6) is 0.395. The fourth-order valence-corrected chi connectivity index (χ4v) is 5.82. The second-order valence-electron chi connectivity index (χ2n) is 9.59. The Kier molecular flexibility index (Phi) is 9.30. The van der Waals surface area contributed by atoms with E-state index in [0.29, 0.717) is 31.8 Å². The number of ketones is 1. The number of rotatable bonds is 11. The lowest BCUT2D eigenvalue weighted by molar-refractivity contribution is -0.146. The van der Waals surface area contributed by atoms with E-state index in [4.69, 9.17) is 9.47 Å². The molecule has 0 saturated heterocycles. The fourth-order valence-electron chi connectivity index (χ4n) is 4.96. The Morgan fingerprint density at radius 1 is 1.14 bits per heavy atom.